The van der Waals surface area contributed by atoms with Gasteiger partial charge in [-0.3, -0.25) is 4.79 Å². The monoisotopic (exact) mass is 321 g/mol. The van der Waals surface area contributed by atoms with E-state index < -0.39 is 0 Å². The third-order valence-electron chi connectivity index (χ3n) is 3.48. The molecule has 0 fully saturated rings. The van der Waals surface area contributed by atoms with Crippen LogP contribution in [-0.2, 0) is 11.2 Å². The molecule has 0 saturated heterocycles. The van der Waals surface area contributed by atoms with E-state index in [1.807, 2.05) is 12.1 Å². The molecular formula is C16H20BrNO. The lowest BCUT2D eigenvalue weighted by molar-refractivity contribution is -0.125. The molecule has 1 aliphatic rings. The van der Waals surface area contributed by atoms with Crippen LogP contribution in [0.5, 0.6) is 0 Å². The van der Waals surface area contributed by atoms with Gasteiger partial charge < -0.3 is 5.32 Å². The number of rotatable bonds is 4. The zero-order chi connectivity index (χ0) is 13.7. The molecule has 0 bridgehead atoms. The van der Waals surface area contributed by atoms with E-state index in [0.717, 1.165) is 30.2 Å². The summed E-state index contributed by atoms with van der Waals surface area (Å²) in [5.74, 6) is 0.367. The first kappa shape index (κ1) is 14.3. The molecule has 0 unspecified atom stereocenters. The molecule has 19 heavy (non-hydrogen) atoms. The van der Waals surface area contributed by atoms with E-state index in [2.05, 4.69) is 52.5 Å². The highest BCUT2D eigenvalue weighted by Gasteiger charge is 2.19. The van der Waals surface area contributed by atoms with Crippen LogP contribution in [-0.4, -0.2) is 11.9 Å². The summed E-state index contributed by atoms with van der Waals surface area (Å²) in [5, 5.41) is 3.13. The summed E-state index contributed by atoms with van der Waals surface area (Å²) in [6.45, 7) is 2.07. The van der Waals surface area contributed by atoms with Crippen molar-refractivity contribution in [2.45, 2.75) is 38.6 Å². The zero-order valence-corrected chi connectivity index (χ0v) is 12.8. The molecule has 0 radical (unpaired) electrons. The number of amides is 1. The molecule has 2 rings (SSSR count). The zero-order valence-electron chi connectivity index (χ0n) is 11.2. The van der Waals surface area contributed by atoms with Crippen LogP contribution < -0.4 is 5.32 Å². The van der Waals surface area contributed by atoms with Crippen molar-refractivity contribution in [2.24, 2.45) is 5.92 Å². The van der Waals surface area contributed by atoms with Gasteiger partial charge in [0.1, 0.15) is 0 Å². The van der Waals surface area contributed by atoms with Crippen LogP contribution in [0.1, 0.15) is 31.7 Å². The molecule has 1 aliphatic carbocycles. The van der Waals surface area contributed by atoms with Crippen molar-refractivity contribution in [3.8, 4) is 0 Å². The first-order valence-electron chi connectivity index (χ1n) is 6.85. The molecule has 2 atom stereocenters. The Kier molecular flexibility index (Phi) is 5.20. The first-order valence-corrected chi connectivity index (χ1v) is 7.64. The Morgan fingerprint density at radius 3 is 2.74 bits per heavy atom. The fraction of sp³-hybridized carbons (Fsp3) is 0.438. The maximum absolute atomic E-state index is 12.1. The highest BCUT2D eigenvalue weighted by molar-refractivity contribution is 9.10. The van der Waals surface area contributed by atoms with Crippen molar-refractivity contribution in [1.82, 2.24) is 5.32 Å². The molecule has 0 heterocycles. The smallest absolute Gasteiger partial charge is 0.223 e. The van der Waals surface area contributed by atoms with Gasteiger partial charge in [-0.05, 0) is 50.3 Å². The molecule has 0 saturated carbocycles. The Morgan fingerprint density at radius 1 is 1.37 bits per heavy atom. The molecule has 2 nitrogen and oxygen atoms in total. The Labute approximate surface area is 123 Å². The number of hydrogen-bond donors (Lipinski definition) is 1. The number of halogens is 1. The van der Waals surface area contributed by atoms with Gasteiger partial charge in [-0.2, -0.15) is 0 Å². The molecule has 0 aromatic heterocycles. The van der Waals surface area contributed by atoms with Gasteiger partial charge in [0.2, 0.25) is 5.91 Å². The van der Waals surface area contributed by atoms with Gasteiger partial charge in [0.15, 0.2) is 0 Å². The number of nitrogens with one attached hydrogen (secondary N) is 1. The van der Waals surface area contributed by atoms with E-state index in [0.29, 0.717) is 0 Å². The van der Waals surface area contributed by atoms with Crippen LogP contribution in [0.15, 0.2) is 40.9 Å². The summed E-state index contributed by atoms with van der Waals surface area (Å²) < 4.78 is 1.09. The fourth-order valence-electron chi connectivity index (χ4n) is 2.42. The predicted molar refractivity (Wildman–Crippen MR) is 81.9 cm³/mol. The van der Waals surface area contributed by atoms with Crippen LogP contribution in [0.2, 0.25) is 0 Å². The van der Waals surface area contributed by atoms with Crippen molar-refractivity contribution < 1.29 is 4.79 Å². The average Bonchev–Trinajstić information content (AvgIpc) is 2.42. The van der Waals surface area contributed by atoms with Crippen molar-refractivity contribution >= 4 is 21.8 Å². The SMILES string of the molecule is C[C@H](Cc1ccc(Br)cc1)NC(=O)[C@@H]1CC=CCC1. The molecule has 0 aliphatic heterocycles. The number of carbonyl (C=O) groups excluding carboxylic acids is 1. The quantitative estimate of drug-likeness (QED) is 0.838. The van der Waals surface area contributed by atoms with Crippen LogP contribution >= 0.6 is 15.9 Å². The number of hydrogen-bond acceptors (Lipinski definition) is 1. The minimum atomic E-state index is 0.164. The van der Waals surface area contributed by atoms with Crippen molar-refractivity contribution in [2.75, 3.05) is 0 Å². The molecule has 1 N–H and O–H groups in total. The number of allylic oxidation sites excluding steroid dienone is 2. The molecular weight excluding hydrogens is 302 g/mol. The van der Waals surface area contributed by atoms with Gasteiger partial charge in [-0.15, -0.1) is 0 Å². The summed E-state index contributed by atoms with van der Waals surface area (Å²) in [6, 6.07) is 8.44. The van der Waals surface area contributed by atoms with Gasteiger partial charge in [0, 0.05) is 16.4 Å². The van der Waals surface area contributed by atoms with E-state index in [4.69, 9.17) is 0 Å². The Morgan fingerprint density at radius 2 is 2.11 bits per heavy atom. The molecule has 0 spiro atoms. The van der Waals surface area contributed by atoms with E-state index in [9.17, 15) is 4.79 Å². The fourth-order valence-corrected chi connectivity index (χ4v) is 2.68. The number of benzene rings is 1. The van der Waals surface area contributed by atoms with Gasteiger partial charge >= 0.3 is 0 Å². The molecule has 3 heteroatoms. The molecule has 1 aromatic rings. The standard InChI is InChI=1S/C16H20BrNO/c1-12(11-13-7-9-15(17)10-8-13)18-16(19)14-5-3-2-4-6-14/h2-3,7-10,12,14H,4-6,11H2,1H3,(H,18,19)/t12-,14-/m1/s1. The molecule has 1 amide bonds. The number of carbonyl (C=O) groups is 1. The minimum Gasteiger partial charge on any atom is -0.353 e. The van der Waals surface area contributed by atoms with E-state index >= 15 is 0 Å². The average molecular weight is 322 g/mol. The van der Waals surface area contributed by atoms with E-state index in [-0.39, 0.29) is 17.9 Å². The summed E-state index contributed by atoms with van der Waals surface area (Å²) in [5.41, 5.74) is 1.25. The summed E-state index contributed by atoms with van der Waals surface area (Å²) >= 11 is 3.43. The summed E-state index contributed by atoms with van der Waals surface area (Å²) in [4.78, 5) is 12.1. The Bertz CT molecular complexity index is 452. The third kappa shape index (κ3) is 4.50. The van der Waals surface area contributed by atoms with Gasteiger partial charge in [0.05, 0.1) is 0 Å². The van der Waals surface area contributed by atoms with Crippen LogP contribution in [0.3, 0.4) is 0 Å². The molecule has 102 valence electrons. The summed E-state index contributed by atoms with van der Waals surface area (Å²) in [6.07, 6.45) is 8.05. The van der Waals surface area contributed by atoms with E-state index in [1.54, 1.807) is 0 Å². The second kappa shape index (κ2) is 6.90. The maximum atomic E-state index is 12.1. The first-order chi connectivity index (χ1) is 9.15. The minimum absolute atomic E-state index is 0.164. The Balaban J connectivity index is 1.83. The topological polar surface area (TPSA) is 29.1 Å². The highest BCUT2D eigenvalue weighted by atomic mass is 79.9. The van der Waals surface area contributed by atoms with Crippen molar-refractivity contribution in [3.05, 3.63) is 46.5 Å². The lowest BCUT2D eigenvalue weighted by Gasteiger charge is -2.21. The van der Waals surface area contributed by atoms with Crippen LogP contribution in [0, 0.1) is 5.92 Å². The van der Waals surface area contributed by atoms with Gasteiger partial charge in [-0.25, -0.2) is 0 Å². The normalized spacial score (nSPS) is 20.0. The van der Waals surface area contributed by atoms with Gasteiger partial charge in [-0.1, -0.05) is 40.2 Å². The second-order valence-corrected chi connectivity index (χ2v) is 6.14. The largest absolute Gasteiger partial charge is 0.353 e. The van der Waals surface area contributed by atoms with Crippen molar-refractivity contribution in [1.29, 1.82) is 0 Å². The Hall–Kier alpha value is -1.09. The van der Waals surface area contributed by atoms with E-state index in [1.165, 1.54) is 5.56 Å². The predicted octanol–water partition coefficient (Wildman–Crippen LogP) is 3.85. The highest BCUT2D eigenvalue weighted by Crippen LogP contribution is 2.18. The van der Waals surface area contributed by atoms with Crippen LogP contribution in [0.4, 0.5) is 0 Å². The third-order valence-corrected chi connectivity index (χ3v) is 4.01. The lowest BCUT2D eigenvalue weighted by atomic mass is 9.93. The van der Waals surface area contributed by atoms with Crippen molar-refractivity contribution in [3.63, 3.8) is 0 Å². The van der Waals surface area contributed by atoms with Gasteiger partial charge in [0.25, 0.3) is 0 Å². The van der Waals surface area contributed by atoms with Crippen LogP contribution in [0.25, 0.3) is 0 Å². The second-order valence-electron chi connectivity index (χ2n) is 5.22. The summed E-state index contributed by atoms with van der Waals surface area (Å²) in [7, 11) is 0. The maximum Gasteiger partial charge on any atom is 0.223 e. The lowest BCUT2D eigenvalue weighted by Crippen LogP contribution is -2.38. The molecule has 1 aromatic carbocycles.